The summed E-state index contributed by atoms with van der Waals surface area (Å²) in [6.45, 7) is 1.25. The van der Waals surface area contributed by atoms with Crippen LogP contribution in [0.25, 0.3) is 16.8 Å². The zero-order valence-electron chi connectivity index (χ0n) is 19.8. The second kappa shape index (κ2) is 9.79. The van der Waals surface area contributed by atoms with Crippen LogP contribution in [-0.4, -0.2) is 84.5 Å². The van der Waals surface area contributed by atoms with Crippen molar-refractivity contribution in [3.05, 3.63) is 42.2 Å². The fourth-order valence-corrected chi connectivity index (χ4v) is 5.37. The van der Waals surface area contributed by atoms with Crippen molar-refractivity contribution in [3.8, 4) is 17.0 Å². The lowest BCUT2D eigenvalue weighted by molar-refractivity contribution is 0.0489. The second-order valence-electron chi connectivity index (χ2n) is 9.11. The fraction of sp³-hybridized carbons (Fsp3) is 0.480. The molecule has 0 saturated carbocycles. The van der Waals surface area contributed by atoms with Crippen molar-refractivity contribution in [1.82, 2.24) is 14.9 Å². The van der Waals surface area contributed by atoms with Crippen LogP contribution < -0.4 is 9.64 Å². The third-order valence-corrected chi connectivity index (χ3v) is 7.18. The average molecular weight is 485 g/mol. The highest BCUT2D eigenvalue weighted by atomic mass is 19.1. The van der Waals surface area contributed by atoms with E-state index < -0.39 is 24.3 Å². The molecule has 1 aromatic carbocycles. The summed E-state index contributed by atoms with van der Waals surface area (Å²) in [6.07, 6.45) is 4.66. The minimum absolute atomic E-state index is 0.0928. The third kappa shape index (κ3) is 4.43. The van der Waals surface area contributed by atoms with Gasteiger partial charge >= 0.3 is 6.09 Å². The smallest absolute Gasteiger partial charge is 0.407 e. The molecule has 2 saturated heterocycles. The average Bonchev–Trinajstić information content (AvgIpc) is 3.53. The number of nitrogens with zero attached hydrogens (tertiary/aromatic N) is 4. The van der Waals surface area contributed by atoms with Crippen LogP contribution in [0.15, 0.2) is 36.7 Å². The number of carbonyl (C=O) groups is 1. The van der Waals surface area contributed by atoms with Crippen molar-refractivity contribution in [2.24, 2.45) is 0 Å². The van der Waals surface area contributed by atoms with Crippen molar-refractivity contribution >= 4 is 17.5 Å². The van der Waals surface area contributed by atoms with Gasteiger partial charge in [-0.15, -0.1) is 0 Å². The number of hydrogen-bond acceptors (Lipinski definition) is 7. The van der Waals surface area contributed by atoms with E-state index in [2.05, 4.69) is 9.97 Å². The lowest BCUT2D eigenvalue weighted by Crippen LogP contribution is -2.58. The van der Waals surface area contributed by atoms with Crippen LogP contribution in [0, 0.1) is 0 Å². The second-order valence-corrected chi connectivity index (χ2v) is 9.11. The number of piperidine rings is 1. The summed E-state index contributed by atoms with van der Waals surface area (Å²) >= 11 is 0. The fourth-order valence-electron chi connectivity index (χ4n) is 5.37. The number of fused-ring (bicyclic) bond motifs is 2. The molecule has 0 unspecified atom stereocenters. The summed E-state index contributed by atoms with van der Waals surface area (Å²) in [6, 6.07) is 4.65. The number of methoxy groups -OCH3 is 1. The van der Waals surface area contributed by atoms with Gasteiger partial charge in [0.1, 0.15) is 17.7 Å². The quantitative estimate of drug-likeness (QED) is 0.596. The molecule has 0 spiro atoms. The highest BCUT2D eigenvalue weighted by Crippen LogP contribution is 2.40. The summed E-state index contributed by atoms with van der Waals surface area (Å²) in [5.74, 6) is 1.16. The maximum atomic E-state index is 15.3. The van der Waals surface area contributed by atoms with E-state index in [1.54, 1.807) is 31.5 Å². The first-order valence-corrected chi connectivity index (χ1v) is 11.7. The van der Waals surface area contributed by atoms with Crippen molar-refractivity contribution < 1.29 is 28.5 Å². The molecular weight excluding hydrogens is 455 g/mol. The first-order valence-electron chi connectivity index (χ1n) is 11.7. The SMILES string of the molecule is COCOc1cc(C2=CCOC2)ccc1-c1cnc(N(C)[C@@H]2C[C@H]3CC[C@@H]([C@@H]2F)N3C(=O)O)cn1. The number of aromatic nitrogens is 2. The van der Waals surface area contributed by atoms with Crippen molar-refractivity contribution in [2.75, 3.05) is 39.1 Å². The van der Waals surface area contributed by atoms with Gasteiger partial charge in [-0.05, 0) is 42.5 Å². The van der Waals surface area contributed by atoms with Gasteiger partial charge in [0.2, 0.25) is 0 Å². The van der Waals surface area contributed by atoms with Gasteiger partial charge in [-0.3, -0.25) is 9.88 Å². The van der Waals surface area contributed by atoms with Gasteiger partial charge in [-0.2, -0.15) is 0 Å². The molecular formula is C25H29FN4O5. The van der Waals surface area contributed by atoms with E-state index in [0.29, 0.717) is 49.7 Å². The molecule has 0 aliphatic carbocycles. The summed E-state index contributed by atoms with van der Waals surface area (Å²) in [4.78, 5) is 23.8. The van der Waals surface area contributed by atoms with E-state index in [-0.39, 0.29) is 12.8 Å². The molecule has 1 amide bonds. The standard InChI is InChI=1S/C25H29FN4O5/c1-29(21-10-17-4-6-20(24(21)26)30(17)25(31)32)23-12-27-19(11-28-23)18-5-3-15(16-7-8-34-13-16)9-22(18)35-14-33-2/h3,5,7,9,11-12,17,20-21,24H,4,6,8,10,13-14H2,1-2H3,(H,31,32)/t17-,20+,21-,24+/m1/s1. The number of ether oxygens (including phenoxy) is 3. The van der Waals surface area contributed by atoms with E-state index in [0.717, 1.165) is 16.7 Å². The Balaban J connectivity index is 1.36. The van der Waals surface area contributed by atoms with Gasteiger partial charge in [-0.1, -0.05) is 12.1 Å². The predicted octanol–water partition coefficient (Wildman–Crippen LogP) is 3.60. The minimum Gasteiger partial charge on any atom is -0.467 e. The predicted molar refractivity (Wildman–Crippen MR) is 127 cm³/mol. The summed E-state index contributed by atoms with van der Waals surface area (Å²) in [5.41, 5.74) is 3.50. The molecule has 4 atom stereocenters. The van der Waals surface area contributed by atoms with Gasteiger partial charge in [-0.25, -0.2) is 14.2 Å². The van der Waals surface area contributed by atoms with E-state index in [1.807, 2.05) is 24.3 Å². The molecule has 9 nitrogen and oxygen atoms in total. The molecule has 4 heterocycles. The van der Waals surface area contributed by atoms with E-state index in [9.17, 15) is 9.90 Å². The van der Waals surface area contributed by atoms with Crippen LogP contribution in [0.2, 0.25) is 0 Å². The molecule has 2 aromatic rings. The number of amides is 1. The molecule has 1 N–H and O–H groups in total. The molecule has 3 aliphatic rings. The van der Waals surface area contributed by atoms with Crippen LogP contribution >= 0.6 is 0 Å². The van der Waals surface area contributed by atoms with E-state index in [1.165, 1.54) is 4.90 Å². The molecule has 3 aliphatic heterocycles. The zero-order valence-corrected chi connectivity index (χ0v) is 19.8. The van der Waals surface area contributed by atoms with Crippen molar-refractivity contribution in [2.45, 2.75) is 43.6 Å². The van der Waals surface area contributed by atoms with Crippen LogP contribution in [0.1, 0.15) is 24.8 Å². The number of benzene rings is 1. The molecule has 2 fully saturated rings. The molecule has 186 valence electrons. The maximum absolute atomic E-state index is 15.3. The minimum atomic E-state index is -1.29. The van der Waals surface area contributed by atoms with Crippen LogP contribution in [0.5, 0.6) is 5.75 Å². The van der Waals surface area contributed by atoms with Gasteiger partial charge in [0, 0.05) is 25.8 Å². The molecule has 0 radical (unpaired) electrons. The first-order chi connectivity index (χ1) is 17.0. The third-order valence-electron chi connectivity index (χ3n) is 7.18. The zero-order chi connectivity index (χ0) is 24.5. The first kappa shape index (κ1) is 23.5. The topological polar surface area (TPSA) is 97.2 Å². The Bertz CT molecular complexity index is 1110. The van der Waals surface area contributed by atoms with Crippen LogP contribution in [0.4, 0.5) is 15.0 Å². The normalized spacial score (nSPS) is 25.5. The molecule has 1 aromatic heterocycles. The van der Waals surface area contributed by atoms with Crippen molar-refractivity contribution in [1.29, 1.82) is 0 Å². The Labute approximate surface area is 203 Å². The molecule has 35 heavy (non-hydrogen) atoms. The van der Waals surface area contributed by atoms with E-state index >= 15 is 4.39 Å². The lowest BCUT2D eigenvalue weighted by atomic mass is 9.94. The van der Waals surface area contributed by atoms with Gasteiger partial charge in [0.15, 0.2) is 6.79 Å². The summed E-state index contributed by atoms with van der Waals surface area (Å²) in [5, 5.41) is 9.47. The monoisotopic (exact) mass is 484 g/mol. The Morgan fingerprint density at radius 1 is 1.31 bits per heavy atom. The molecule has 5 rings (SSSR count). The van der Waals surface area contributed by atoms with Crippen molar-refractivity contribution in [3.63, 3.8) is 0 Å². The number of rotatable bonds is 7. The Hall–Kier alpha value is -3.24. The summed E-state index contributed by atoms with van der Waals surface area (Å²) < 4.78 is 31.7. The van der Waals surface area contributed by atoms with Gasteiger partial charge in [0.25, 0.3) is 0 Å². The highest BCUT2D eigenvalue weighted by molar-refractivity contribution is 5.75. The number of halogens is 1. The lowest BCUT2D eigenvalue weighted by Gasteiger charge is -2.43. The maximum Gasteiger partial charge on any atom is 0.407 e. The van der Waals surface area contributed by atoms with Gasteiger partial charge < -0.3 is 24.2 Å². The Morgan fingerprint density at radius 2 is 2.17 bits per heavy atom. The van der Waals surface area contributed by atoms with Crippen LogP contribution in [-0.2, 0) is 9.47 Å². The number of hydrogen-bond donors (Lipinski definition) is 1. The molecule has 10 heteroatoms. The number of carboxylic acid groups (broad SMARTS) is 1. The number of anilines is 1. The molecule has 2 bridgehead atoms. The van der Waals surface area contributed by atoms with E-state index in [4.69, 9.17) is 14.2 Å². The summed E-state index contributed by atoms with van der Waals surface area (Å²) in [7, 11) is 3.35. The largest absolute Gasteiger partial charge is 0.467 e. The van der Waals surface area contributed by atoms with Gasteiger partial charge in [0.05, 0.1) is 43.4 Å². The highest BCUT2D eigenvalue weighted by Gasteiger charge is 2.51. The van der Waals surface area contributed by atoms with Crippen LogP contribution in [0.3, 0.4) is 0 Å². The Kier molecular flexibility index (Phi) is 6.57. The Morgan fingerprint density at radius 3 is 2.86 bits per heavy atom. The number of alkyl halides is 1.